The Balaban J connectivity index is 1.61. The first kappa shape index (κ1) is 26.9. The third kappa shape index (κ3) is 7.92. The Morgan fingerprint density at radius 3 is 2.40 bits per heavy atom. The van der Waals surface area contributed by atoms with E-state index in [9.17, 15) is 14.4 Å². The summed E-state index contributed by atoms with van der Waals surface area (Å²) in [5.41, 5.74) is 2.18. The molecule has 0 saturated carbocycles. The number of hydrogen-bond acceptors (Lipinski definition) is 4. The first-order valence-corrected chi connectivity index (χ1v) is 13.1. The minimum Gasteiger partial charge on any atom is -0.481 e. The number of carboxylic acid groups (broad SMARTS) is 1. The quantitative estimate of drug-likeness (QED) is 0.295. The number of aliphatic carboxylic acids is 1. The number of amides is 1. The summed E-state index contributed by atoms with van der Waals surface area (Å²) in [7, 11) is 0. The van der Waals surface area contributed by atoms with Gasteiger partial charge >= 0.3 is 5.97 Å². The second kappa shape index (κ2) is 13.4. The maximum Gasteiger partial charge on any atom is 0.303 e. The first-order valence-electron chi connectivity index (χ1n) is 12.8. The molecule has 1 aromatic carbocycles. The fraction of sp³-hybridized carbons (Fsp3) is 0.556. The summed E-state index contributed by atoms with van der Waals surface area (Å²) in [4.78, 5) is 38.2. The molecule has 0 radical (unpaired) electrons. The van der Waals surface area contributed by atoms with Gasteiger partial charge in [0.05, 0.1) is 18.3 Å². The van der Waals surface area contributed by atoms with Gasteiger partial charge in [-0.3, -0.25) is 19.1 Å². The summed E-state index contributed by atoms with van der Waals surface area (Å²) in [5, 5.41) is 14.1. The van der Waals surface area contributed by atoms with Crippen LogP contribution in [0.1, 0.15) is 94.1 Å². The molecule has 0 saturated heterocycles. The Bertz CT molecular complexity index is 1000. The molecule has 1 aliphatic rings. The minimum atomic E-state index is -0.763. The SMILES string of the molecule is CCCCCC1CN(CC(=O)CCCCCCCC(=O)O)C(=O)c2cc(-c3ccc(Cl)cc3)nn21. The van der Waals surface area contributed by atoms with E-state index in [1.54, 1.807) is 4.90 Å². The van der Waals surface area contributed by atoms with Crippen molar-refractivity contribution in [2.24, 2.45) is 0 Å². The van der Waals surface area contributed by atoms with Crippen molar-refractivity contribution in [1.82, 2.24) is 14.7 Å². The number of carbonyl (C=O) groups excluding carboxylic acids is 2. The van der Waals surface area contributed by atoms with Gasteiger partial charge in [0.2, 0.25) is 0 Å². The number of carbonyl (C=O) groups is 3. The van der Waals surface area contributed by atoms with Gasteiger partial charge in [0.1, 0.15) is 5.69 Å². The molecule has 190 valence electrons. The van der Waals surface area contributed by atoms with Gasteiger partial charge in [0.25, 0.3) is 5.91 Å². The number of rotatable bonds is 15. The van der Waals surface area contributed by atoms with Crippen LogP contribution in [0.4, 0.5) is 0 Å². The van der Waals surface area contributed by atoms with Gasteiger partial charge in [-0.05, 0) is 37.5 Å². The van der Waals surface area contributed by atoms with Crippen LogP contribution in [-0.2, 0) is 9.59 Å². The highest BCUT2D eigenvalue weighted by Crippen LogP contribution is 2.30. The molecule has 1 atom stereocenters. The van der Waals surface area contributed by atoms with E-state index in [0.717, 1.165) is 62.6 Å². The molecular weight excluding hydrogens is 466 g/mol. The number of fused-ring (bicyclic) bond motifs is 1. The lowest BCUT2D eigenvalue weighted by Crippen LogP contribution is -2.45. The maximum atomic E-state index is 13.3. The van der Waals surface area contributed by atoms with E-state index >= 15 is 0 Å². The zero-order chi connectivity index (χ0) is 25.2. The third-order valence-electron chi connectivity index (χ3n) is 6.51. The van der Waals surface area contributed by atoms with E-state index in [1.807, 2.05) is 35.0 Å². The molecule has 1 N–H and O–H groups in total. The Morgan fingerprint density at radius 2 is 1.71 bits per heavy atom. The van der Waals surface area contributed by atoms with Crippen molar-refractivity contribution in [2.45, 2.75) is 83.6 Å². The molecule has 8 heteroatoms. The van der Waals surface area contributed by atoms with E-state index in [4.69, 9.17) is 21.8 Å². The number of hydrogen-bond donors (Lipinski definition) is 1. The number of unbranched alkanes of at least 4 members (excludes halogenated alkanes) is 6. The lowest BCUT2D eigenvalue weighted by molar-refractivity contribution is -0.137. The topological polar surface area (TPSA) is 92.5 Å². The summed E-state index contributed by atoms with van der Waals surface area (Å²) in [6, 6.07) is 9.30. The van der Waals surface area contributed by atoms with Gasteiger partial charge in [-0.25, -0.2) is 0 Å². The van der Waals surface area contributed by atoms with Crippen molar-refractivity contribution in [3.05, 3.63) is 41.0 Å². The molecule has 0 aliphatic carbocycles. The third-order valence-corrected chi connectivity index (χ3v) is 6.77. The number of Topliss-reactive ketones (excluding diaryl/α,β-unsaturated/α-hetero) is 1. The number of aromatic nitrogens is 2. The lowest BCUT2D eigenvalue weighted by Gasteiger charge is -2.33. The molecule has 2 aromatic rings. The monoisotopic (exact) mass is 501 g/mol. The first-order chi connectivity index (χ1) is 16.9. The van der Waals surface area contributed by atoms with E-state index in [-0.39, 0.29) is 30.7 Å². The number of carboxylic acids is 1. The Morgan fingerprint density at radius 1 is 1.03 bits per heavy atom. The molecule has 0 spiro atoms. The van der Waals surface area contributed by atoms with Crippen LogP contribution in [0, 0.1) is 0 Å². The average Bonchev–Trinajstić information content (AvgIpc) is 3.28. The van der Waals surface area contributed by atoms with E-state index in [2.05, 4.69) is 6.92 Å². The average molecular weight is 502 g/mol. The van der Waals surface area contributed by atoms with Gasteiger partial charge in [0, 0.05) is 30.0 Å². The van der Waals surface area contributed by atoms with Crippen molar-refractivity contribution in [2.75, 3.05) is 13.1 Å². The summed E-state index contributed by atoms with van der Waals surface area (Å²) >= 11 is 6.02. The van der Waals surface area contributed by atoms with Gasteiger partial charge in [-0.15, -0.1) is 0 Å². The van der Waals surface area contributed by atoms with Crippen LogP contribution in [0.25, 0.3) is 11.3 Å². The molecular formula is C27H36ClN3O4. The molecule has 1 aliphatic heterocycles. The summed E-state index contributed by atoms with van der Waals surface area (Å²) in [6.45, 7) is 2.79. The second-order valence-corrected chi connectivity index (χ2v) is 9.84. The zero-order valence-corrected chi connectivity index (χ0v) is 21.3. The number of ketones is 1. The van der Waals surface area contributed by atoms with E-state index in [0.29, 0.717) is 30.1 Å². The van der Waals surface area contributed by atoms with E-state index < -0.39 is 5.97 Å². The van der Waals surface area contributed by atoms with Crippen LogP contribution in [0.2, 0.25) is 5.02 Å². The molecule has 3 rings (SSSR count). The fourth-order valence-electron chi connectivity index (χ4n) is 4.57. The standard InChI is InChI=1S/C27H36ClN3O4/c1-2-3-7-10-22-18-30(19-23(32)11-8-5-4-6-9-12-26(33)34)27(35)25-17-24(29-31(22)25)20-13-15-21(28)16-14-20/h13-17,22H,2-12,18-19H2,1H3,(H,33,34). The van der Waals surface area contributed by atoms with Crippen LogP contribution in [0.15, 0.2) is 30.3 Å². The summed E-state index contributed by atoms with van der Waals surface area (Å²) in [6.07, 6.45) is 8.98. The smallest absolute Gasteiger partial charge is 0.303 e. The highest BCUT2D eigenvalue weighted by molar-refractivity contribution is 6.30. The van der Waals surface area contributed by atoms with Crippen molar-refractivity contribution in [1.29, 1.82) is 0 Å². The number of benzene rings is 1. The van der Waals surface area contributed by atoms with Crippen LogP contribution in [-0.4, -0.2) is 50.5 Å². The number of nitrogens with zero attached hydrogens (tertiary/aromatic N) is 3. The molecule has 1 unspecified atom stereocenters. The molecule has 1 aromatic heterocycles. The van der Waals surface area contributed by atoms with Crippen LogP contribution >= 0.6 is 11.6 Å². The molecule has 7 nitrogen and oxygen atoms in total. The van der Waals surface area contributed by atoms with Crippen molar-refractivity contribution in [3.63, 3.8) is 0 Å². The predicted octanol–water partition coefficient (Wildman–Crippen LogP) is 6.17. The summed E-state index contributed by atoms with van der Waals surface area (Å²) in [5.74, 6) is -0.838. The predicted molar refractivity (Wildman–Crippen MR) is 137 cm³/mol. The van der Waals surface area contributed by atoms with Gasteiger partial charge in [0.15, 0.2) is 5.78 Å². The molecule has 0 fully saturated rings. The molecule has 35 heavy (non-hydrogen) atoms. The highest BCUT2D eigenvalue weighted by atomic mass is 35.5. The largest absolute Gasteiger partial charge is 0.481 e. The van der Waals surface area contributed by atoms with Gasteiger partial charge in [-0.2, -0.15) is 5.10 Å². The Hall–Kier alpha value is -2.67. The normalized spacial score (nSPS) is 15.3. The van der Waals surface area contributed by atoms with Crippen molar-refractivity contribution < 1.29 is 19.5 Å². The van der Waals surface area contributed by atoms with Crippen molar-refractivity contribution >= 4 is 29.3 Å². The van der Waals surface area contributed by atoms with Crippen LogP contribution in [0.5, 0.6) is 0 Å². The van der Waals surface area contributed by atoms with Crippen LogP contribution < -0.4 is 0 Å². The van der Waals surface area contributed by atoms with Gasteiger partial charge < -0.3 is 10.0 Å². The van der Waals surface area contributed by atoms with E-state index in [1.165, 1.54) is 0 Å². The summed E-state index contributed by atoms with van der Waals surface area (Å²) < 4.78 is 1.86. The molecule has 0 bridgehead atoms. The zero-order valence-electron chi connectivity index (χ0n) is 20.5. The second-order valence-electron chi connectivity index (χ2n) is 9.40. The van der Waals surface area contributed by atoms with Gasteiger partial charge in [-0.1, -0.05) is 69.2 Å². The molecule has 2 heterocycles. The molecule has 1 amide bonds. The fourth-order valence-corrected chi connectivity index (χ4v) is 4.70. The van der Waals surface area contributed by atoms with Crippen LogP contribution in [0.3, 0.4) is 0 Å². The minimum absolute atomic E-state index is 0.0531. The lowest BCUT2D eigenvalue weighted by atomic mass is 10.0. The Kier molecular flexibility index (Phi) is 10.3. The highest BCUT2D eigenvalue weighted by Gasteiger charge is 2.33. The number of halogens is 1. The van der Waals surface area contributed by atoms with Crippen molar-refractivity contribution in [3.8, 4) is 11.3 Å². The maximum absolute atomic E-state index is 13.3. The Labute approximate surface area is 212 Å².